The highest BCUT2D eigenvalue weighted by atomic mass is 35.5. The van der Waals surface area contributed by atoms with Gasteiger partial charge in [-0.3, -0.25) is 9.69 Å². The van der Waals surface area contributed by atoms with Gasteiger partial charge in [0.05, 0.1) is 6.54 Å². The van der Waals surface area contributed by atoms with Crippen LogP contribution in [0, 0.1) is 5.92 Å². The molecule has 0 unspecified atom stereocenters. The molecule has 0 aliphatic carbocycles. The summed E-state index contributed by atoms with van der Waals surface area (Å²) in [6.07, 6.45) is 0. The van der Waals surface area contributed by atoms with E-state index in [-0.39, 0.29) is 18.3 Å². The number of amides is 1. The van der Waals surface area contributed by atoms with Gasteiger partial charge in [0, 0.05) is 31.2 Å². The van der Waals surface area contributed by atoms with Gasteiger partial charge in [0.15, 0.2) is 0 Å². The Morgan fingerprint density at radius 1 is 1.08 bits per heavy atom. The maximum atomic E-state index is 12.8. The normalized spacial score (nSPS) is 19.8. The number of benzene rings is 2. The number of nitrogens with two attached hydrogens (primary N) is 1. The van der Waals surface area contributed by atoms with E-state index in [2.05, 4.69) is 29.2 Å². The van der Waals surface area contributed by atoms with Crippen LogP contribution >= 0.6 is 12.4 Å². The molecule has 5 heteroatoms. The maximum Gasteiger partial charge on any atom is 0.241 e. The van der Waals surface area contributed by atoms with Crippen molar-refractivity contribution in [3.63, 3.8) is 0 Å². The highest BCUT2D eigenvalue weighted by Gasteiger charge is 2.34. The summed E-state index contributed by atoms with van der Waals surface area (Å²) in [7, 11) is 0. The summed E-state index contributed by atoms with van der Waals surface area (Å²) in [5, 5.41) is 0. The van der Waals surface area contributed by atoms with Crippen LogP contribution < -0.4 is 10.6 Å². The molecule has 0 bridgehead atoms. The average Bonchev–Trinajstić information content (AvgIpc) is 3.07. The molecule has 1 saturated heterocycles. The third kappa shape index (κ3) is 4.64. The molecule has 2 aromatic rings. The lowest BCUT2D eigenvalue weighted by Gasteiger charge is -2.24. The minimum absolute atomic E-state index is 0. The monoisotopic (exact) mass is 373 g/mol. The fourth-order valence-corrected chi connectivity index (χ4v) is 3.79. The number of para-hydroxylation sites is 1. The van der Waals surface area contributed by atoms with Crippen LogP contribution in [0.25, 0.3) is 0 Å². The van der Waals surface area contributed by atoms with Gasteiger partial charge in [0.1, 0.15) is 0 Å². The predicted octanol–water partition coefficient (Wildman–Crippen LogP) is 3.14. The first-order valence-corrected chi connectivity index (χ1v) is 9.05. The van der Waals surface area contributed by atoms with E-state index in [9.17, 15) is 4.79 Å². The molecule has 2 atom stereocenters. The topological polar surface area (TPSA) is 49.6 Å². The van der Waals surface area contributed by atoms with Gasteiger partial charge in [-0.05, 0) is 37.1 Å². The Morgan fingerprint density at radius 2 is 1.69 bits per heavy atom. The van der Waals surface area contributed by atoms with Crippen LogP contribution in [0.2, 0.25) is 0 Å². The Morgan fingerprint density at radius 3 is 2.27 bits per heavy atom. The van der Waals surface area contributed by atoms with Crippen LogP contribution in [-0.4, -0.2) is 43.5 Å². The van der Waals surface area contributed by atoms with Crippen LogP contribution in [0.15, 0.2) is 60.7 Å². The molecule has 0 saturated carbocycles. The molecule has 0 radical (unpaired) electrons. The minimum Gasteiger partial charge on any atom is -0.330 e. The summed E-state index contributed by atoms with van der Waals surface area (Å²) in [6, 6.07) is 20.4. The van der Waals surface area contributed by atoms with Crippen molar-refractivity contribution >= 4 is 24.0 Å². The van der Waals surface area contributed by atoms with Crippen molar-refractivity contribution < 1.29 is 4.79 Å². The van der Waals surface area contributed by atoms with Crippen molar-refractivity contribution in [3.8, 4) is 0 Å². The molecule has 1 aliphatic rings. The molecule has 1 aliphatic heterocycles. The third-order valence-electron chi connectivity index (χ3n) is 5.09. The van der Waals surface area contributed by atoms with Gasteiger partial charge in [-0.1, -0.05) is 48.5 Å². The summed E-state index contributed by atoms with van der Waals surface area (Å²) in [5.41, 5.74) is 8.29. The first kappa shape index (κ1) is 20.4. The predicted molar refractivity (Wildman–Crippen MR) is 110 cm³/mol. The molecule has 3 rings (SSSR count). The second-order valence-electron chi connectivity index (χ2n) is 6.68. The lowest BCUT2D eigenvalue weighted by atomic mass is 9.89. The van der Waals surface area contributed by atoms with E-state index in [1.807, 2.05) is 48.2 Å². The average molecular weight is 374 g/mol. The summed E-state index contributed by atoms with van der Waals surface area (Å²) in [6.45, 7) is 5.57. The van der Waals surface area contributed by atoms with E-state index in [4.69, 9.17) is 5.73 Å². The summed E-state index contributed by atoms with van der Waals surface area (Å²) >= 11 is 0. The molecule has 4 nitrogen and oxygen atoms in total. The first-order valence-electron chi connectivity index (χ1n) is 9.05. The van der Waals surface area contributed by atoms with Gasteiger partial charge >= 0.3 is 0 Å². The van der Waals surface area contributed by atoms with Gasteiger partial charge < -0.3 is 10.6 Å². The SMILES string of the molecule is CCN(C(=O)CN1C[C@@H](CN)[C@H](c2ccccc2)C1)c1ccccc1.Cl. The van der Waals surface area contributed by atoms with Crippen LogP contribution in [-0.2, 0) is 4.79 Å². The zero-order valence-corrected chi connectivity index (χ0v) is 16.1. The molecule has 0 spiro atoms. The first-order chi connectivity index (χ1) is 12.2. The molecule has 2 aromatic carbocycles. The molecule has 140 valence electrons. The molecule has 1 heterocycles. The summed E-state index contributed by atoms with van der Waals surface area (Å²) in [4.78, 5) is 16.9. The fourth-order valence-electron chi connectivity index (χ4n) is 3.79. The minimum atomic E-state index is 0. The largest absolute Gasteiger partial charge is 0.330 e. The lowest BCUT2D eigenvalue weighted by Crippen LogP contribution is -2.40. The molecule has 1 amide bonds. The van der Waals surface area contributed by atoms with Crippen LogP contribution in [0.4, 0.5) is 5.69 Å². The van der Waals surface area contributed by atoms with E-state index in [1.165, 1.54) is 5.56 Å². The maximum absolute atomic E-state index is 12.8. The second kappa shape index (κ2) is 9.72. The smallest absolute Gasteiger partial charge is 0.241 e. The Labute approximate surface area is 162 Å². The van der Waals surface area contributed by atoms with E-state index >= 15 is 0 Å². The Kier molecular flexibility index (Phi) is 7.64. The number of likely N-dealkylation sites (tertiary alicyclic amines) is 1. The lowest BCUT2D eigenvalue weighted by molar-refractivity contribution is -0.119. The standard InChI is InChI=1S/C21H27N3O.ClH/c1-2-24(19-11-7-4-8-12-19)21(25)16-23-14-18(13-22)20(15-23)17-9-5-3-6-10-17;/h3-12,18,20H,2,13-16,22H2,1H3;1H/t18-,20+;/m1./s1. The van der Waals surface area contributed by atoms with E-state index in [1.54, 1.807) is 0 Å². The quantitative estimate of drug-likeness (QED) is 0.846. The van der Waals surface area contributed by atoms with Crippen molar-refractivity contribution in [2.75, 3.05) is 37.6 Å². The van der Waals surface area contributed by atoms with E-state index in [0.29, 0.717) is 31.5 Å². The number of likely N-dealkylation sites (N-methyl/N-ethyl adjacent to an activating group) is 1. The van der Waals surface area contributed by atoms with E-state index in [0.717, 1.165) is 18.8 Å². The van der Waals surface area contributed by atoms with Crippen molar-refractivity contribution in [2.45, 2.75) is 12.8 Å². The zero-order valence-electron chi connectivity index (χ0n) is 15.3. The Hall–Kier alpha value is -1.88. The van der Waals surface area contributed by atoms with Gasteiger partial charge in [-0.25, -0.2) is 0 Å². The Balaban J connectivity index is 0.00000243. The number of halogens is 1. The van der Waals surface area contributed by atoms with E-state index < -0.39 is 0 Å². The highest BCUT2D eigenvalue weighted by molar-refractivity contribution is 5.94. The van der Waals surface area contributed by atoms with Crippen LogP contribution in [0.5, 0.6) is 0 Å². The van der Waals surface area contributed by atoms with Crippen molar-refractivity contribution in [1.29, 1.82) is 0 Å². The molecular formula is C21H28ClN3O. The number of rotatable bonds is 6. The zero-order chi connectivity index (χ0) is 17.6. The molecule has 0 aromatic heterocycles. The third-order valence-corrected chi connectivity index (χ3v) is 5.09. The van der Waals surface area contributed by atoms with Gasteiger partial charge in [-0.15, -0.1) is 12.4 Å². The second-order valence-corrected chi connectivity index (χ2v) is 6.68. The number of hydrogen-bond acceptors (Lipinski definition) is 3. The van der Waals surface area contributed by atoms with Crippen LogP contribution in [0.3, 0.4) is 0 Å². The number of carbonyl (C=O) groups excluding carboxylic acids is 1. The van der Waals surface area contributed by atoms with Gasteiger partial charge in [0.25, 0.3) is 0 Å². The number of hydrogen-bond donors (Lipinski definition) is 1. The van der Waals surface area contributed by atoms with Crippen molar-refractivity contribution in [3.05, 3.63) is 66.2 Å². The van der Waals surface area contributed by atoms with Crippen LogP contribution in [0.1, 0.15) is 18.4 Å². The molecular weight excluding hydrogens is 346 g/mol. The van der Waals surface area contributed by atoms with Gasteiger partial charge in [-0.2, -0.15) is 0 Å². The molecule has 2 N–H and O–H groups in total. The summed E-state index contributed by atoms with van der Waals surface area (Å²) in [5.74, 6) is 0.964. The Bertz CT molecular complexity index is 680. The molecule has 26 heavy (non-hydrogen) atoms. The number of carbonyl (C=O) groups is 1. The highest BCUT2D eigenvalue weighted by Crippen LogP contribution is 2.32. The molecule has 1 fully saturated rings. The van der Waals surface area contributed by atoms with Crippen molar-refractivity contribution in [2.24, 2.45) is 11.7 Å². The fraction of sp³-hybridized carbons (Fsp3) is 0.381. The number of anilines is 1. The number of nitrogens with zero attached hydrogens (tertiary/aromatic N) is 2. The summed E-state index contributed by atoms with van der Waals surface area (Å²) < 4.78 is 0. The van der Waals surface area contributed by atoms with Gasteiger partial charge in [0.2, 0.25) is 5.91 Å². The van der Waals surface area contributed by atoms with Crippen molar-refractivity contribution in [1.82, 2.24) is 4.90 Å².